The van der Waals surface area contributed by atoms with Gasteiger partial charge in [-0.1, -0.05) is 12.1 Å². The summed E-state index contributed by atoms with van der Waals surface area (Å²) in [4.78, 5) is 24.6. The van der Waals surface area contributed by atoms with Crippen molar-refractivity contribution in [1.29, 1.82) is 5.26 Å². The third kappa shape index (κ3) is 6.79. The van der Waals surface area contributed by atoms with Crippen LogP contribution in [0, 0.1) is 11.3 Å². The highest BCUT2D eigenvalue weighted by Gasteiger charge is 2.23. The third-order valence-corrected chi connectivity index (χ3v) is 8.78. The molecule has 40 heavy (non-hydrogen) atoms. The molecule has 0 saturated carbocycles. The van der Waals surface area contributed by atoms with Gasteiger partial charge >= 0.3 is 0 Å². The molecule has 2 aliphatic heterocycles. The molecule has 3 heterocycles. The maximum atomic E-state index is 12.9. The fourth-order valence-electron chi connectivity index (χ4n) is 5.25. The van der Waals surface area contributed by atoms with Gasteiger partial charge in [0.05, 0.1) is 22.1 Å². The van der Waals surface area contributed by atoms with Crippen LogP contribution in [0.4, 0.5) is 11.5 Å². The first kappa shape index (κ1) is 27.6. The molecule has 2 aromatic carbocycles. The number of piperidine rings is 1. The van der Waals surface area contributed by atoms with Gasteiger partial charge in [0, 0.05) is 70.0 Å². The maximum Gasteiger partial charge on any atom is 0.253 e. The number of anilines is 2. The Morgan fingerprint density at radius 2 is 1.57 bits per heavy atom. The summed E-state index contributed by atoms with van der Waals surface area (Å²) in [6, 6.07) is 20.8. The summed E-state index contributed by atoms with van der Waals surface area (Å²) in [6.45, 7) is 5.84. The van der Waals surface area contributed by atoms with E-state index in [1.165, 1.54) is 11.8 Å². The van der Waals surface area contributed by atoms with Crippen LogP contribution in [0.15, 0.2) is 71.8 Å². The minimum absolute atomic E-state index is 0.0908. The quantitative estimate of drug-likeness (QED) is 0.471. The van der Waals surface area contributed by atoms with Crippen LogP contribution in [0.3, 0.4) is 0 Å². The van der Waals surface area contributed by atoms with Gasteiger partial charge in [-0.15, -0.1) is 0 Å². The topological polar surface area (TPSA) is 110 Å². The maximum absolute atomic E-state index is 12.9. The highest BCUT2D eigenvalue weighted by Crippen LogP contribution is 2.22. The molecule has 1 amide bonds. The van der Waals surface area contributed by atoms with E-state index in [1.54, 1.807) is 18.3 Å². The monoisotopic (exact) mass is 558 g/mol. The minimum atomic E-state index is -3.20. The number of rotatable bonds is 7. The number of carbonyl (C=O) groups excluding carboxylic acids is 1. The second-order valence-corrected chi connectivity index (χ2v) is 12.5. The summed E-state index contributed by atoms with van der Waals surface area (Å²) in [5.74, 6) is 0.756. The summed E-state index contributed by atoms with van der Waals surface area (Å²) >= 11 is 0. The van der Waals surface area contributed by atoms with E-state index in [4.69, 9.17) is 5.26 Å². The molecule has 1 N–H and O–H groups in total. The van der Waals surface area contributed by atoms with Crippen LogP contribution in [0.25, 0.3) is 0 Å². The molecule has 0 spiro atoms. The largest absolute Gasteiger partial charge is 0.368 e. The molecule has 0 bridgehead atoms. The van der Waals surface area contributed by atoms with Gasteiger partial charge in [0.2, 0.25) is 0 Å². The highest BCUT2D eigenvalue weighted by molar-refractivity contribution is 7.90. The highest BCUT2D eigenvalue weighted by atomic mass is 32.2. The summed E-state index contributed by atoms with van der Waals surface area (Å²) in [5, 5.41) is 12.1. The van der Waals surface area contributed by atoms with Gasteiger partial charge in [-0.25, -0.2) is 13.4 Å². The van der Waals surface area contributed by atoms with E-state index < -0.39 is 9.84 Å². The number of sulfone groups is 1. The number of nitrogens with zero attached hydrogens (tertiary/aromatic N) is 5. The normalized spacial score (nSPS) is 16.9. The van der Waals surface area contributed by atoms with E-state index in [0.29, 0.717) is 16.0 Å². The Morgan fingerprint density at radius 1 is 0.925 bits per heavy atom. The summed E-state index contributed by atoms with van der Waals surface area (Å²) in [6.07, 6.45) is 4.66. The van der Waals surface area contributed by atoms with Crippen LogP contribution in [0.5, 0.6) is 0 Å². The van der Waals surface area contributed by atoms with Crippen molar-refractivity contribution in [2.45, 2.75) is 30.3 Å². The number of pyridine rings is 1. The number of amides is 1. The predicted octanol–water partition coefficient (Wildman–Crippen LogP) is 3.08. The van der Waals surface area contributed by atoms with Crippen LogP contribution in [-0.4, -0.2) is 75.8 Å². The smallest absolute Gasteiger partial charge is 0.253 e. The zero-order chi connectivity index (χ0) is 28.1. The average Bonchev–Trinajstić information content (AvgIpc) is 2.98. The molecule has 0 aliphatic carbocycles. The van der Waals surface area contributed by atoms with Gasteiger partial charge < -0.3 is 15.1 Å². The van der Waals surface area contributed by atoms with Gasteiger partial charge in [0.1, 0.15) is 5.82 Å². The predicted molar refractivity (Wildman–Crippen MR) is 155 cm³/mol. The number of nitrogens with one attached hydrogen (secondary N) is 1. The molecule has 0 atom stereocenters. The number of aromatic nitrogens is 1. The molecule has 9 nitrogen and oxygen atoms in total. The van der Waals surface area contributed by atoms with E-state index in [-0.39, 0.29) is 11.9 Å². The fourth-order valence-corrected chi connectivity index (χ4v) is 5.88. The fraction of sp³-hybridized carbons (Fsp3) is 0.367. The van der Waals surface area contributed by atoms with Gasteiger partial charge in [0.25, 0.3) is 5.91 Å². The lowest BCUT2D eigenvalue weighted by molar-refractivity contribution is 0.0908. The van der Waals surface area contributed by atoms with Crippen molar-refractivity contribution in [1.82, 2.24) is 15.2 Å². The lowest BCUT2D eigenvalue weighted by Gasteiger charge is -2.36. The molecular weight excluding hydrogens is 524 g/mol. The number of benzene rings is 2. The Labute approximate surface area is 236 Å². The minimum Gasteiger partial charge on any atom is -0.368 e. The molecule has 5 rings (SSSR count). The van der Waals surface area contributed by atoms with E-state index in [1.807, 2.05) is 48.5 Å². The van der Waals surface area contributed by atoms with E-state index in [9.17, 15) is 13.2 Å². The molecule has 1 aromatic heterocycles. The zero-order valence-electron chi connectivity index (χ0n) is 22.7. The number of likely N-dealkylation sites (tertiary alicyclic amines) is 1. The molecular formula is C30H34N6O3S. The van der Waals surface area contributed by atoms with Crippen LogP contribution in [-0.2, 0) is 16.4 Å². The van der Waals surface area contributed by atoms with Crippen molar-refractivity contribution >= 4 is 27.2 Å². The van der Waals surface area contributed by atoms with Crippen LogP contribution >= 0.6 is 0 Å². The van der Waals surface area contributed by atoms with Crippen molar-refractivity contribution in [3.8, 4) is 6.07 Å². The molecule has 0 radical (unpaired) electrons. The van der Waals surface area contributed by atoms with Gasteiger partial charge in [-0.3, -0.25) is 9.69 Å². The average molecular weight is 559 g/mol. The van der Waals surface area contributed by atoms with Gasteiger partial charge in [0.15, 0.2) is 9.84 Å². The van der Waals surface area contributed by atoms with Crippen LogP contribution in [0.2, 0.25) is 0 Å². The van der Waals surface area contributed by atoms with Crippen molar-refractivity contribution in [3.63, 3.8) is 0 Å². The van der Waals surface area contributed by atoms with E-state index in [2.05, 4.69) is 31.1 Å². The lowest BCUT2D eigenvalue weighted by Crippen LogP contribution is -2.47. The zero-order valence-corrected chi connectivity index (χ0v) is 23.5. The van der Waals surface area contributed by atoms with Crippen molar-refractivity contribution < 1.29 is 13.2 Å². The first-order chi connectivity index (χ1) is 19.3. The molecule has 2 aliphatic rings. The lowest BCUT2D eigenvalue weighted by atomic mass is 10.0. The molecule has 208 valence electrons. The van der Waals surface area contributed by atoms with E-state index >= 15 is 0 Å². The van der Waals surface area contributed by atoms with Crippen molar-refractivity contribution in [3.05, 3.63) is 83.6 Å². The van der Waals surface area contributed by atoms with E-state index in [0.717, 1.165) is 70.2 Å². The second-order valence-electron chi connectivity index (χ2n) is 10.5. The molecule has 10 heteroatoms. The Kier molecular flexibility index (Phi) is 8.33. The van der Waals surface area contributed by atoms with Gasteiger partial charge in [-0.05, 0) is 66.9 Å². The van der Waals surface area contributed by atoms with Crippen molar-refractivity contribution in [2.24, 2.45) is 0 Å². The molecule has 2 saturated heterocycles. The third-order valence-electron chi connectivity index (χ3n) is 7.66. The van der Waals surface area contributed by atoms with Crippen molar-refractivity contribution in [2.75, 3.05) is 55.3 Å². The summed E-state index contributed by atoms with van der Waals surface area (Å²) < 4.78 is 23.4. The number of hydrogen-bond donors (Lipinski definition) is 1. The number of hydrogen-bond acceptors (Lipinski definition) is 8. The standard InChI is InChI=1S/C30H34N6O3S/c1-40(38,39)28-9-7-27(8-10-28)35-16-18-36(19-17-35)29-11-6-25(21-32-29)30(37)33-26-12-14-34(15-13-26)22-24-4-2-23(20-31)3-5-24/h2-11,21,26H,12-19,22H2,1H3,(H,33,37). The Morgan fingerprint density at radius 3 is 2.15 bits per heavy atom. The summed E-state index contributed by atoms with van der Waals surface area (Å²) in [5.41, 5.74) is 3.43. The number of carbonyl (C=O) groups is 1. The Balaban J connectivity index is 1.07. The first-order valence-corrected chi connectivity index (χ1v) is 15.5. The number of nitriles is 1. The van der Waals surface area contributed by atoms with Crippen LogP contribution in [0.1, 0.15) is 34.3 Å². The Hall–Kier alpha value is -3.94. The SMILES string of the molecule is CS(=O)(=O)c1ccc(N2CCN(c3ccc(C(=O)NC4CCN(Cc5ccc(C#N)cc5)CC4)cn3)CC2)cc1. The molecule has 3 aromatic rings. The molecule has 2 fully saturated rings. The first-order valence-electron chi connectivity index (χ1n) is 13.6. The van der Waals surface area contributed by atoms with Crippen LogP contribution < -0.4 is 15.1 Å². The Bertz CT molecular complexity index is 1450. The summed E-state index contributed by atoms with van der Waals surface area (Å²) in [7, 11) is -3.20. The molecule has 0 unspecified atom stereocenters. The second kappa shape index (κ2) is 12.1. The number of piperazine rings is 1. The van der Waals surface area contributed by atoms with Gasteiger partial charge in [-0.2, -0.15) is 5.26 Å².